The van der Waals surface area contributed by atoms with E-state index in [9.17, 15) is 0 Å². The predicted octanol–water partition coefficient (Wildman–Crippen LogP) is 5.18. The number of hydrogen-bond donors (Lipinski definition) is 0. The van der Waals surface area contributed by atoms with E-state index in [0.29, 0.717) is 0 Å². The maximum Gasteiger partial charge on any atom is 0.158 e. The smallest absolute Gasteiger partial charge is 0.158 e. The van der Waals surface area contributed by atoms with Gasteiger partial charge in [0.25, 0.3) is 0 Å². The van der Waals surface area contributed by atoms with Crippen molar-refractivity contribution in [2.75, 3.05) is 37.0 Å². The molecule has 0 radical (unpaired) electrons. The third-order valence-electron chi connectivity index (χ3n) is 7.97. The van der Waals surface area contributed by atoms with Crippen molar-refractivity contribution in [2.45, 2.75) is 31.9 Å². The van der Waals surface area contributed by atoms with Crippen molar-refractivity contribution in [1.82, 2.24) is 0 Å². The Hall–Kier alpha value is -3.14. The molecule has 3 aliphatic heterocycles. The molecule has 1 saturated heterocycles. The van der Waals surface area contributed by atoms with Crippen LogP contribution in [0, 0.1) is 0 Å². The number of methoxy groups -OCH3 is 1. The average Bonchev–Trinajstić information content (AvgIpc) is 3.41. The van der Waals surface area contributed by atoms with E-state index in [2.05, 4.69) is 80.1 Å². The standard InChI is InChI=1S/C27H28N2O2/c1-17-14-23-21-15-29(18-10-12-19(30-5)13-11-18)16-22(21)25-20-8-6-7-9-24(20)28(4)26(25,2)27(23,3)31-17/h6-14H,15-16H2,1-5H3/t26-,27-/m1/s1. The molecule has 0 unspecified atom stereocenters. The highest BCUT2D eigenvalue weighted by Gasteiger charge is 2.63. The van der Waals surface area contributed by atoms with Crippen LogP contribution in [-0.2, 0) is 4.74 Å². The molecule has 2 atom stereocenters. The molecular formula is C27H28N2O2. The second kappa shape index (κ2) is 5.97. The summed E-state index contributed by atoms with van der Waals surface area (Å²) in [4.78, 5) is 4.91. The molecule has 4 heteroatoms. The number of anilines is 2. The molecule has 4 nitrogen and oxygen atoms in total. The molecule has 0 bridgehead atoms. The number of allylic oxidation sites excluding steroid dienone is 1. The van der Waals surface area contributed by atoms with Gasteiger partial charge in [0.2, 0.25) is 0 Å². The molecule has 1 fully saturated rings. The second-order valence-electron chi connectivity index (χ2n) is 9.34. The summed E-state index contributed by atoms with van der Waals surface area (Å²) in [6.07, 6.45) is 2.27. The first-order valence-electron chi connectivity index (χ1n) is 11.0. The van der Waals surface area contributed by atoms with Crippen molar-refractivity contribution < 1.29 is 9.47 Å². The lowest BCUT2D eigenvalue weighted by molar-refractivity contribution is 0.0278. The summed E-state index contributed by atoms with van der Waals surface area (Å²) < 4.78 is 12.0. The van der Waals surface area contributed by atoms with Crippen LogP contribution in [0.3, 0.4) is 0 Å². The van der Waals surface area contributed by atoms with E-state index in [1.165, 1.54) is 39.2 Å². The summed E-state index contributed by atoms with van der Waals surface area (Å²) in [5.74, 6) is 1.89. The second-order valence-corrected chi connectivity index (χ2v) is 9.34. The van der Waals surface area contributed by atoms with Gasteiger partial charge in [-0.3, -0.25) is 0 Å². The van der Waals surface area contributed by atoms with Gasteiger partial charge in [-0.25, -0.2) is 0 Å². The fourth-order valence-corrected chi connectivity index (χ4v) is 6.23. The zero-order valence-electron chi connectivity index (χ0n) is 18.8. The Balaban J connectivity index is 1.58. The zero-order valence-corrected chi connectivity index (χ0v) is 18.8. The maximum atomic E-state index is 6.64. The summed E-state index contributed by atoms with van der Waals surface area (Å²) in [6.45, 7) is 8.51. The van der Waals surface area contributed by atoms with Crippen LogP contribution in [0.2, 0.25) is 0 Å². The molecule has 0 N–H and O–H groups in total. The van der Waals surface area contributed by atoms with Gasteiger partial charge < -0.3 is 19.3 Å². The Labute approximate surface area is 184 Å². The van der Waals surface area contributed by atoms with Crippen molar-refractivity contribution in [3.63, 3.8) is 0 Å². The molecule has 6 rings (SSSR count). The fourth-order valence-electron chi connectivity index (χ4n) is 6.23. The molecule has 0 aromatic heterocycles. The Morgan fingerprint density at radius 3 is 2.42 bits per heavy atom. The van der Waals surface area contributed by atoms with Gasteiger partial charge in [0, 0.05) is 42.6 Å². The SMILES string of the molecule is COc1ccc(N2CC3=C4c5ccccc5N(C)[C@@]4(C)[C@]4(C)OC(C)=CC4=C3C2)cc1. The first kappa shape index (κ1) is 18.6. The molecule has 0 saturated carbocycles. The number of benzene rings is 2. The van der Waals surface area contributed by atoms with Gasteiger partial charge in [-0.1, -0.05) is 18.2 Å². The first-order valence-corrected chi connectivity index (χ1v) is 11.0. The monoisotopic (exact) mass is 412 g/mol. The van der Waals surface area contributed by atoms with Gasteiger partial charge in [-0.2, -0.15) is 0 Å². The Bertz CT molecular complexity index is 1210. The molecule has 158 valence electrons. The molecule has 0 spiro atoms. The molecular weight excluding hydrogens is 384 g/mol. The van der Waals surface area contributed by atoms with Gasteiger partial charge in [0.1, 0.15) is 11.3 Å². The lowest BCUT2D eigenvalue weighted by Crippen LogP contribution is -2.61. The molecule has 4 aliphatic rings. The summed E-state index contributed by atoms with van der Waals surface area (Å²) >= 11 is 0. The largest absolute Gasteiger partial charge is 0.497 e. The van der Waals surface area contributed by atoms with E-state index >= 15 is 0 Å². The van der Waals surface area contributed by atoms with E-state index < -0.39 is 5.60 Å². The average molecular weight is 413 g/mol. The molecule has 2 aromatic carbocycles. The number of para-hydroxylation sites is 1. The van der Waals surface area contributed by atoms with Gasteiger partial charge in [0.05, 0.1) is 12.9 Å². The van der Waals surface area contributed by atoms with Gasteiger partial charge in [-0.05, 0) is 73.9 Å². The van der Waals surface area contributed by atoms with E-state index in [0.717, 1.165) is 24.6 Å². The maximum absolute atomic E-state index is 6.64. The van der Waals surface area contributed by atoms with E-state index in [-0.39, 0.29) is 5.54 Å². The number of hydrogen-bond acceptors (Lipinski definition) is 4. The minimum Gasteiger partial charge on any atom is -0.497 e. The Kier molecular flexibility index (Phi) is 3.58. The highest BCUT2D eigenvalue weighted by molar-refractivity contribution is 5.98. The van der Waals surface area contributed by atoms with Gasteiger partial charge >= 0.3 is 0 Å². The van der Waals surface area contributed by atoms with E-state index in [1.807, 2.05) is 12.1 Å². The third-order valence-corrected chi connectivity index (χ3v) is 7.97. The van der Waals surface area contributed by atoms with Crippen LogP contribution >= 0.6 is 0 Å². The van der Waals surface area contributed by atoms with Crippen molar-refractivity contribution in [1.29, 1.82) is 0 Å². The summed E-state index contributed by atoms with van der Waals surface area (Å²) in [6, 6.07) is 17.2. The number of fused-ring (bicyclic) bond motifs is 6. The number of likely N-dealkylation sites (N-methyl/N-ethyl adjacent to an activating group) is 1. The third kappa shape index (κ3) is 2.15. The van der Waals surface area contributed by atoms with Gasteiger partial charge in [-0.15, -0.1) is 0 Å². The minimum absolute atomic E-state index is 0.269. The van der Waals surface area contributed by atoms with Crippen molar-refractivity contribution in [3.8, 4) is 5.75 Å². The predicted molar refractivity (Wildman–Crippen MR) is 126 cm³/mol. The van der Waals surface area contributed by atoms with Crippen molar-refractivity contribution in [2.24, 2.45) is 0 Å². The van der Waals surface area contributed by atoms with Crippen LogP contribution in [0.15, 0.2) is 77.1 Å². The Morgan fingerprint density at radius 2 is 1.68 bits per heavy atom. The highest BCUT2D eigenvalue weighted by atomic mass is 16.5. The topological polar surface area (TPSA) is 24.9 Å². The molecule has 0 amide bonds. The minimum atomic E-state index is -0.422. The van der Waals surface area contributed by atoms with Crippen LogP contribution in [-0.4, -0.2) is 38.4 Å². The molecule has 31 heavy (non-hydrogen) atoms. The van der Waals surface area contributed by atoms with Crippen molar-refractivity contribution in [3.05, 3.63) is 82.6 Å². The molecule has 3 heterocycles. The van der Waals surface area contributed by atoms with Crippen LogP contribution in [0.5, 0.6) is 5.75 Å². The number of nitrogens with zero attached hydrogens (tertiary/aromatic N) is 2. The summed E-state index contributed by atoms with van der Waals surface area (Å²) in [7, 11) is 3.93. The van der Waals surface area contributed by atoms with E-state index in [4.69, 9.17) is 9.47 Å². The zero-order chi connectivity index (χ0) is 21.5. The number of ether oxygens (including phenoxy) is 2. The molecule has 2 aromatic rings. The highest BCUT2D eigenvalue weighted by Crippen LogP contribution is 2.62. The number of rotatable bonds is 2. The van der Waals surface area contributed by atoms with E-state index in [1.54, 1.807) is 7.11 Å². The summed E-state index contributed by atoms with van der Waals surface area (Å²) in [5.41, 5.74) is 8.79. The normalized spacial score (nSPS) is 28.2. The Morgan fingerprint density at radius 1 is 0.968 bits per heavy atom. The van der Waals surface area contributed by atoms with Gasteiger partial charge in [0.15, 0.2) is 5.60 Å². The van der Waals surface area contributed by atoms with Crippen LogP contribution in [0.25, 0.3) is 5.57 Å². The van der Waals surface area contributed by atoms with Crippen LogP contribution < -0.4 is 14.5 Å². The molecule has 1 aliphatic carbocycles. The lowest BCUT2D eigenvalue weighted by Gasteiger charge is -2.50. The van der Waals surface area contributed by atoms with Crippen LogP contribution in [0.1, 0.15) is 26.3 Å². The lowest BCUT2D eigenvalue weighted by atomic mass is 9.65. The fraction of sp³-hybridized carbons (Fsp3) is 0.333. The van der Waals surface area contributed by atoms with Crippen molar-refractivity contribution >= 4 is 16.9 Å². The first-order chi connectivity index (χ1) is 14.9. The summed E-state index contributed by atoms with van der Waals surface area (Å²) in [5, 5.41) is 0. The van der Waals surface area contributed by atoms with Crippen LogP contribution in [0.4, 0.5) is 11.4 Å². The quantitative estimate of drug-likeness (QED) is 0.679.